The van der Waals surface area contributed by atoms with Gasteiger partial charge in [-0.2, -0.15) is 0 Å². The van der Waals surface area contributed by atoms with E-state index in [9.17, 15) is 13.0 Å². The third kappa shape index (κ3) is 11.3. The van der Waals surface area contributed by atoms with Crippen molar-refractivity contribution in [3.05, 3.63) is 29.8 Å². The number of aliphatic hydroxyl groups is 1. The summed E-state index contributed by atoms with van der Waals surface area (Å²) >= 11 is 2.16. The molecule has 1 saturated heterocycles. The van der Waals surface area contributed by atoms with Gasteiger partial charge in [-0.15, -0.1) is 0 Å². The molecular formula is C22H34INO4S. The number of aliphatic hydroxyl groups excluding tert-OH is 1. The number of quaternary nitrogens is 1. The van der Waals surface area contributed by atoms with Crippen LogP contribution >= 0.6 is 22.6 Å². The van der Waals surface area contributed by atoms with Gasteiger partial charge < -0.3 is 14.1 Å². The molecular weight excluding hydrogens is 501 g/mol. The zero-order valence-electron chi connectivity index (χ0n) is 17.4. The van der Waals surface area contributed by atoms with Crippen LogP contribution in [0.25, 0.3) is 0 Å². The molecule has 0 spiro atoms. The predicted octanol–water partition coefficient (Wildman–Crippen LogP) is 4.22. The van der Waals surface area contributed by atoms with Crippen LogP contribution in [0, 0.1) is 16.8 Å². The van der Waals surface area contributed by atoms with Gasteiger partial charge in [0.25, 0.3) is 0 Å². The third-order valence-electron chi connectivity index (χ3n) is 5.35. The number of nitrogens with zero attached hydrogens (tertiary/aromatic N) is 1. The van der Waals surface area contributed by atoms with Gasteiger partial charge in [-0.1, -0.05) is 30.5 Å². The van der Waals surface area contributed by atoms with Gasteiger partial charge in [0.15, 0.2) is 0 Å². The van der Waals surface area contributed by atoms with Crippen LogP contribution in [0.1, 0.15) is 56.9 Å². The van der Waals surface area contributed by atoms with Crippen LogP contribution in [0.3, 0.4) is 0 Å². The van der Waals surface area contributed by atoms with Crippen LogP contribution in [0.2, 0.25) is 0 Å². The molecule has 7 heteroatoms. The largest absolute Gasteiger partial charge is 0.744 e. The summed E-state index contributed by atoms with van der Waals surface area (Å²) in [4.78, 5) is -0.178. The molecule has 0 amide bonds. The van der Waals surface area contributed by atoms with E-state index in [1.54, 1.807) is 12.1 Å². The van der Waals surface area contributed by atoms with Crippen molar-refractivity contribution in [2.45, 2.75) is 63.2 Å². The highest BCUT2D eigenvalue weighted by Crippen LogP contribution is 2.20. The first kappa shape index (κ1) is 26.4. The quantitative estimate of drug-likeness (QED) is 0.169. The molecule has 1 aliphatic rings. The summed E-state index contributed by atoms with van der Waals surface area (Å²) in [6.07, 6.45) is 10.3. The summed E-state index contributed by atoms with van der Waals surface area (Å²) in [5.41, 5.74) is 0.928. The van der Waals surface area contributed by atoms with Crippen LogP contribution in [-0.4, -0.2) is 55.3 Å². The van der Waals surface area contributed by atoms with Crippen LogP contribution in [0.5, 0.6) is 0 Å². The Morgan fingerprint density at radius 1 is 1.03 bits per heavy atom. The number of likely N-dealkylation sites (tertiary alicyclic amines) is 1. The molecule has 0 aliphatic carbocycles. The van der Waals surface area contributed by atoms with Crippen LogP contribution in [0.15, 0.2) is 29.2 Å². The number of aryl methyl sites for hydroxylation is 1. The van der Waals surface area contributed by atoms with Gasteiger partial charge in [-0.05, 0) is 67.4 Å². The lowest BCUT2D eigenvalue weighted by Gasteiger charge is -2.40. The summed E-state index contributed by atoms with van der Waals surface area (Å²) < 4.78 is 35.4. The molecule has 0 bridgehead atoms. The van der Waals surface area contributed by atoms with E-state index in [0.29, 0.717) is 6.61 Å². The number of benzene rings is 1. The molecule has 164 valence electrons. The number of hydrogen-bond donors (Lipinski definition) is 1. The van der Waals surface area contributed by atoms with Crippen LogP contribution in [0.4, 0.5) is 0 Å². The van der Waals surface area contributed by atoms with Gasteiger partial charge in [-0.3, -0.25) is 0 Å². The van der Waals surface area contributed by atoms with Gasteiger partial charge in [0, 0.05) is 29.2 Å². The fourth-order valence-electron chi connectivity index (χ4n) is 3.64. The number of unbranched alkanes of at least 4 members (excludes halogenated alkanes) is 4. The fourth-order valence-corrected chi connectivity index (χ4v) is 4.28. The van der Waals surface area contributed by atoms with Crippen molar-refractivity contribution in [2.75, 3.05) is 32.8 Å². The van der Waals surface area contributed by atoms with Crippen molar-refractivity contribution in [3.8, 4) is 9.85 Å². The first-order valence-electron chi connectivity index (χ1n) is 10.4. The van der Waals surface area contributed by atoms with Crippen molar-refractivity contribution in [3.63, 3.8) is 0 Å². The lowest BCUT2D eigenvalue weighted by Crippen LogP contribution is -2.52. The van der Waals surface area contributed by atoms with E-state index < -0.39 is 10.1 Å². The Kier molecular flexibility index (Phi) is 13.1. The maximum Gasteiger partial charge on any atom is 0.141 e. The Bertz CT molecular complexity index is 732. The highest BCUT2D eigenvalue weighted by Gasteiger charge is 2.28. The number of hydrogen-bond acceptors (Lipinski definition) is 4. The molecule has 5 nitrogen and oxygen atoms in total. The van der Waals surface area contributed by atoms with Crippen molar-refractivity contribution in [1.82, 2.24) is 0 Å². The Morgan fingerprint density at radius 3 is 2.17 bits per heavy atom. The van der Waals surface area contributed by atoms with Crippen LogP contribution < -0.4 is 0 Å². The predicted molar refractivity (Wildman–Crippen MR) is 125 cm³/mol. The average molecular weight is 535 g/mol. The normalized spacial score (nSPS) is 15.6. The third-order valence-corrected chi connectivity index (χ3v) is 6.58. The van der Waals surface area contributed by atoms with Gasteiger partial charge >= 0.3 is 0 Å². The molecule has 1 aliphatic heterocycles. The van der Waals surface area contributed by atoms with Crippen molar-refractivity contribution in [1.29, 1.82) is 0 Å². The van der Waals surface area contributed by atoms with Crippen molar-refractivity contribution >= 4 is 32.7 Å². The lowest BCUT2D eigenvalue weighted by atomic mass is 10.1. The van der Waals surface area contributed by atoms with E-state index in [1.807, 2.05) is 6.92 Å². The Morgan fingerprint density at radius 2 is 1.62 bits per heavy atom. The SMILES string of the molecule is Cc1ccc(S(=O)(=O)[O-])cc1.OCCCCCCC[N+]1(CC#CI)CCCCC1. The summed E-state index contributed by atoms with van der Waals surface area (Å²) in [5, 5.41) is 8.75. The van der Waals surface area contributed by atoms with Gasteiger partial charge in [-0.25, -0.2) is 8.42 Å². The molecule has 29 heavy (non-hydrogen) atoms. The maximum atomic E-state index is 10.4. The van der Waals surface area contributed by atoms with E-state index in [1.165, 1.54) is 81.2 Å². The molecule has 0 unspecified atom stereocenters. The Balaban J connectivity index is 0.000000326. The molecule has 0 radical (unpaired) electrons. The minimum absolute atomic E-state index is 0.178. The number of rotatable bonds is 9. The van der Waals surface area contributed by atoms with Crippen molar-refractivity contribution < 1.29 is 22.6 Å². The summed E-state index contributed by atoms with van der Waals surface area (Å²) in [6.45, 7) is 7.21. The second-order valence-electron chi connectivity index (χ2n) is 7.76. The molecule has 1 N–H and O–H groups in total. The fraction of sp³-hybridized carbons (Fsp3) is 0.636. The standard InChI is InChI=1S/C15H27INO.C7H8O3S/c16-10-9-14-17(12-6-4-7-13-17)11-5-2-1-3-8-15-18;1-6-2-4-7(5-3-6)11(8,9)10/h18H,1-8,11-15H2;2-5H,1H3,(H,8,9,10)/q+1;/p-1. The molecule has 0 saturated carbocycles. The Labute approximate surface area is 190 Å². The smallest absolute Gasteiger partial charge is 0.141 e. The summed E-state index contributed by atoms with van der Waals surface area (Å²) in [5.74, 6) is 3.30. The van der Waals surface area contributed by atoms with E-state index in [4.69, 9.17) is 5.11 Å². The minimum Gasteiger partial charge on any atom is -0.744 e. The molecule has 1 heterocycles. The first-order chi connectivity index (χ1) is 13.8. The van der Waals surface area contributed by atoms with Gasteiger partial charge in [0.2, 0.25) is 0 Å². The first-order valence-corrected chi connectivity index (χ1v) is 12.9. The molecule has 2 rings (SSSR count). The average Bonchev–Trinajstić information content (AvgIpc) is 2.70. The van der Waals surface area contributed by atoms with E-state index >= 15 is 0 Å². The number of piperidine rings is 1. The maximum absolute atomic E-state index is 10.4. The van der Waals surface area contributed by atoms with Crippen LogP contribution in [-0.2, 0) is 10.1 Å². The second kappa shape index (κ2) is 14.4. The van der Waals surface area contributed by atoms with Gasteiger partial charge in [0.1, 0.15) is 16.7 Å². The molecule has 1 aromatic rings. The lowest BCUT2D eigenvalue weighted by molar-refractivity contribution is -0.926. The minimum atomic E-state index is -4.27. The topological polar surface area (TPSA) is 77.4 Å². The molecule has 0 atom stereocenters. The second-order valence-corrected chi connectivity index (χ2v) is 9.68. The van der Waals surface area contributed by atoms with Crippen molar-refractivity contribution in [2.24, 2.45) is 0 Å². The van der Waals surface area contributed by atoms with E-state index in [0.717, 1.165) is 18.5 Å². The summed E-state index contributed by atoms with van der Waals surface area (Å²) in [6, 6.07) is 5.78. The Hall–Kier alpha value is -0.660. The summed E-state index contributed by atoms with van der Waals surface area (Å²) in [7, 11) is -4.27. The van der Waals surface area contributed by atoms with E-state index in [-0.39, 0.29) is 4.90 Å². The number of halogens is 1. The van der Waals surface area contributed by atoms with E-state index in [2.05, 4.69) is 32.4 Å². The monoisotopic (exact) mass is 535 g/mol. The highest BCUT2D eigenvalue weighted by atomic mass is 127. The molecule has 0 aromatic heterocycles. The zero-order chi connectivity index (χ0) is 21.6. The van der Waals surface area contributed by atoms with Gasteiger partial charge in [0.05, 0.1) is 24.5 Å². The molecule has 1 aromatic carbocycles. The highest BCUT2D eigenvalue weighted by molar-refractivity contribution is 14.1. The zero-order valence-corrected chi connectivity index (χ0v) is 20.4. The molecule has 1 fully saturated rings.